The first-order valence-corrected chi connectivity index (χ1v) is 6.75. The summed E-state index contributed by atoms with van der Waals surface area (Å²) in [5, 5.41) is 12.3. The first-order valence-electron chi connectivity index (χ1n) is 6.75. The lowest BCUT2D eigenvalue weighted by molar-refractivity contribution is 0.0740. The molecule has 0 aromatic carbocycles. The Labute approximate surface area is 105 Å². The van der Waals surface area contributed by atoms with Crippen molar-refractivity contribution in [3.63, 3.8) is 0 Å². The summed E-state index contributed by atoms with van der Waals surface area (Å²) in [6.07, 6.45) is 1.91. The van der Waals surface area contributed by atoms with Gasteiger partial charge in [-0.3, -0.25) is 0 Å². The van der Waals surface area contributed by atoms with E-state index in [2.05, 4.69) is 26.1 Å². The number of hydrogen-bond donors (Lipinski definition) is 2. The van der Waals surface area contributed by atoms with Crippen LogP contribution in [0.5, 0.6) is 0 Å². The molecule has 17 heavy (non-hydrogen) atoms. The largest absolute Gasteiger partial charge is 0.396 e. The molecule has 0 aromatic rings. The maximum Gasteiger partial charge on any atom is 0.110 e. The van der Waals surface area contributed by atoms with Gasteiger partial charge in [-0.2, -0.15) is 0 Å². The molecule has 1 rings (SSSR count). The monoisotopic (exact) mass is 245 g/mol. The minimum Gasteiger partial charge on any atom is -0.396 e. The second-order valence-electron chi connectivity index (χ2n) is 6.91. The minimum atomic E-state index is -1.22. The molecule has 0 amide bonds. The van der Waals surface area contributed by atoms with Crippen LogP contribution in [-0.4, -0.2) is 30.5 Å². The molecule has 3 heteroatoms. The Morgan fingerprint density at radius 2 is 1.88 bits per heavy atom. The first-order chi connectivity index (χ1) is 7.74. The van der Waals surface area contributed by atoms with Crippen LogP contribution in [0.4, 0.5) is 4.39 Å². The molecule has 3 unspecified atom stereocenters. The Morgan fingerprint density at radius 1 is 1.24 bits per heavy atom. The zero-order chi connectivity index (χ0) is 13.1. The number of nitrogens with one attached hydrogen (secondary N) is 1. The fourth-order valence-corrected chi connectivity index (χ4v) is 2.78. The van der Waals surface area contributed by atoms with Crippen LogP contribution in [0.25, 0.3) is 0 Å². The topological polar surface area (TPSA) is 32.3 Å². The summed E-state index contributed by atoms with van der Waals surface area (Å²) in [4.78, 5) is 0. The maximum atomic E-state index is 14.1. The highest BCUT2D eigenvalue weighted by Gasteiger charge is 2.34. The zero-order valence-electron chi connectivity index (χ0n) is 11.7. The summed E-state index contributed by atoms with van der Waals surface area (Å²) in [5.41, 5.74) is -0.934. The number of piperidine rings is 1. The summed E-state index contributed by atoms with van der Waals surface area (Å²) in [6.45, 7) is 10.3. The van der Waals surface area contributed by atoms with Crippen molar-refractivity contribution >= 4 is 0 Å². The van der Waals surface area contributed by atoms with E-state index in [1.54, 1.807) is 6.92 Å². The van der Waals surface area contributed by atoms with Gasteiger partial charge in [-0.1, -0.05) is 20.8 Å². The van der Waals surface area contributed by atoms with Gasteiger partial charge in [0.05, 0.1) is 0 Å². The van der Waals surface area contributed by atoms with Crippen molar-refractivity contribution in [2.24, 2.45) is 17.3 Å². The number of aliphatic hydroxyl groups excluding tert-OH is 1. The predicted molar refractivity (Wildman–Crippen MR) is 69.8 cm³/mol. The van der Waals surface area contributed by atoms with E-state index in [1.165, 1.54) is 0 Å². The van der Waals surface area contributed by atoms with Gasteiger partial charge in [-0.05, 0) is 50.1 Å². The summed E-state index contributed by atoms with van der Waals surface area (Å²) < 4.78 is 14.1. The fourth-order valence-electron chi connectivity index (χ4n) is 2.78. The lowest BCUT2D eigenvalue weighted by atomic mass is 9.72. The SMILES string of the molecule is CC(F)(CCO)CC1CNCC(C(C)(C)C)C1. The average molecular weight is 245 g/mol. The van der Waals surface area contributed by atoms with Gasteiger partial charge in [0, 0.05) is 13.0 Å². The highest BCUT2D eigenvalue weighted by Crippen LogP contribution is 2.36. The van der Waals surface area contributed by atoms with E-state index in [0.717, 1.165) is 19.5 Å². The molecule has 0 aliphatic carbocycles. The van der Waals surface area contributed by atoms with Gasteiger partial charge in [-0.25, -0.2) is 4.39 Å². The molecule has 0 aromatic heterocycles. The predicted octanol–water partition coefficient (Wildman–Crippen LogP) is 2.76. The van der Waals surface area contributed by atoms with Crippen LogP contribution in [0.3, 0.4) is 0 Å². The van der Waals surface area contributed by atoms with Crippen molar-refractivity contribution in [2.45, 2.75) is 52.6 Å². The van der Waals surface area contributed by atoms with Crippen LogP contribution < -0.4 is 5.32 Å². The quantitative estimate of drug-likeness (QED) is 0.798. The van der Waals surface area contributed by atoms with Crippen molar-refractivity contribution in [1.82, 2.24) is 5.32 Å². The molecule has 2 N–H and O–H groups in total. The van der Waals surface area contributed by atoms with Crippen LogP contribution in [0.15, 0.2) is 0 Å². The van der Waals surface area contributed by atoms with Crippen LogP contribution in [0, 0.1) is 17.3 Å². The highest BCUT2D eigenvalue weighted by molar-refractivity contribution is 4.87. The lowest BCUT2D eigenvalue weighted by Crippen LogP contribution is -2.43. The second-order valence-corrected chi connectivity index (χ2v) is 6.91. The highest BCUT2D eigenvalue weighted by atomic mass is 19.1. The Morgan fingerprint density at radius 3 is 2.41 bits per heavy atom. The van der Waals surface area contributed by atoms with Crippen LogP contribution in [-0.2, 0) is 0 Å². The molecule has 2 nitrogen and oxygen atoms in total. The third kappa shape index (κ3) is 4.92. The number of rotatable bonds is 4. The lowest BCUT2D eigenvalue weighted by Gasteiger charge is -2.39. The van der Waals surface area contributed by atoms with E-state index in [9.17, 15) is 4.39 Å². The van der Waals surface area contributed by atoms with Gasteiger partial charge in [0.1, 0.15) is 5.67 Å². The third-order valence-electron chi connectivity index (χ3n) is 4.01. The number of hydrogen-bond acceptors (Lipinski definition) is 2. The molecule has 1 aliphatic heterocycles. The molecule has 1 fully saturated rings. The number of halogens is 1. The minimum absolute atomic E-state index is 0.0597. The van der Waals surface area contributed by atoms with Crippen LogP contribution in [0.2, 0.25) is 0 Å². The van der Waals surface area contributed by atoms with Crippen molar-refractivity contribution in [1.29, 1.82) is 0 Å². The molecule has 102 valence electrons. The fraction of sp³-hybridized carbons (Fsp3) is 1.00. The van der Waals surface area contributed by atoms with E-state index in [1.807, 2.05) is 0 Å². The van der Waals surface area contributed by atoms with Gasteiger partial charge >= 0.3 is 0 Å². The normalized spacial score (nSPS) is 30.0. The van der Waals surface area contributed by atoms with Crippen LogP contribution >= 0.6 is 0 Å². The molecular weight excluding hydrogens is 217 g/mol. The summed E-state index contributed by atoms with van der Waals surface area (Å²) in [5.74, 6) is 1.01. The zero-order valence-corrected chi connectivity index (χ0v) is 11.7. The Balaban J connectivity index is 2.50. The molecule has 3 atom stereocenters. The molecule has 1 heterocycles. The van der Waals surface area contributed by atoms with Crippen LogP contribution in [0.1, 0.15) is 47.0 Å². The number of alkyl halides is 1. The molecule has 0 bridgehead atoms. The molecule has 0 saturated carbocycles. The summed E-state index contributed by atoms with van der Waals surface area (Å²) in [7, 11) is 0. The van der Waals surface area contributed by atoms with E-state index in [-0.39, 0.29) is 18.4 Å². The average Bonchev–Trinajstić information content (AvgIpc) is 2.15. The standard InChI is InChI=1S/C14H28FNO/c1-13(2,3)12-7-11(9-16-10-12)8-14(4,15)5-6-17/h11-12,16-17H,5-10H2,1-4H3. The summed E-state index contributed by atoms with van der Waals surface area (Å²) >= 11 is 0. The van der Waals surface area contributed by atoms with Gasteiger partial charge < -0.3 is 10.4 Å². The van der Waals surface area contributed by atoms with E-state index in [4.69, 9.17) is 5.11 Å². The van der Waals surface area contributed by atoms with Crippen molar-refractivity contribution in [3.05, 3.63) is 0 Å². The molecule has 1 saturated heterocycles. The van der Waals surface area contributed by atoms with E-state index in [0.29, 0.717) is 18.3 Å². The third-order valence-corrected chi connectivity index (χ3v) is 4.01. The van der Waals surface area contributed by atoms with E-state index < -0.39 is 5.67 Å². The van der Waals surface area contributed by atoms with Gasteiger partial charge in [0.2, 0.25) is 0 Å². The maximum absolute atomic E-state index is 14.1. The first kappa shape index (κ1) is 14.9. The smallest absolute Gasteiger partial charge is 0.110 e. The molecular formula is C14H28FNO. The molecule has 0 radical (unpaired) electrons. The van der Waals surface area contributed by atoms with Gasteiger partial charge in [0.15, 0.2) is 0 Å². The van der Waals surface area contributed by atoms with Gasteiger partial charge in [-0.15, -0.1) is 0 Å². The Bertz CT molecular complexity index is 235. The molecule has 0 spiro atoms. The second kappa shape index (κ2) is 5.66. The van der Waals surface area contributed by atoms with Crippen molar-refractivity contribution < 1.29 is 9.50 Å². The van der Waals surface area contributed by atoms with Crippen molar-refractivity contribution in [3.8, 4) is 0 Å². The molecule has 1 aliphatic rings. The van der Waals surface area contributed by atoms with E-state index >= 15 is 0 Å². The van der Waals surface area contributed by atoms with Gasteiger partial charge in [0.25, 0.3) is 0 Å². The number of aliphatic hydroxyl groups is 1. The Hall–Kier alpha value is -0.150. The Kier molecular flexibility index (Phi) is 4.96. The summed E-state index contributed by atoms with van der Waals surface area (Å²) in [6, 6.07) is 0. The van der Waals surface area contributed by atoms with Crippen molar-refractivity contribution in [2.75, 3.05) is 19.7 Å².